The van der Waals surface area contributed by atoms with Crippen molar-refractivity contribution in [3.63, 3.8) is 0 Å². The van der Waals surface area contributed by atoms with Gasteiger partial charge in [-0.3, -0.25) is 0 Å². The third-order valence-electron chi connectivity index (χ3n) is 4.99. The summed E-state index contributed by atoms with van der Waals surface area (Å²) in [7, 11) is 0. The van der Waals surface area contributed by atoms with E-state index in [4.69, 9.17) is 10.5 Å². The molecule has 3 rings (SSSR count). The summed E-state index contributed by atoms with van der Waals surface area (Å²) in [5.74, 6) is 0.768. The maximum absolute atomic E-state index is 11.9. The Morgan fingerprint density at radius 2 is 1.85 bits per heavy atom. The van der Waals surface area contributed by atoms with Gasteiger partial charge in [0.25, 0.3) is 0 Å². The second-order valence-electron chi connectivity index (χ2n) is 7.81. The fraction of sp³-hybridized carbons (Fsp3) is 0.565. The van der Waals surface area contributed by atoms with Gasteiger partial charge < -0.3 is 21.1 Å². The molecule has 0 bridgehead atoms. The van der Waals surface area contributed by atoms with E-state index in [9.17, 15) is 13.7 Å². The van der Waals surface area contributed by atoms with Gasteiger partial charge in [0.1, 0.15) is 12.2 Å². The van der Waals surface area contributed by atoms with Crippen LogP contribution in [0.4, 0.5) is 26.1 Å². The van der Waals surface area contributed by atoms with E-state index in [-0.39, 0.29) is 18.7 Å². The highest BCUT2D eigenvalue weighted by Crippen LogP contribution is 2.31. The number of benzene rings is 1. The lowest BCUT2D eigenvalue weighted by Crippen LogP contribution is -2.21. The van der Waals surface area contributed by atoms with Crippen molar-refractivity contribution in [1.82, 2.24) is 9.97 Å². The van der Waals surface area contributed by atoms with Gasteiger partial charge in [-0.2, -0.15) is 4.91 Å². The monoisotopic (exact) mass is 496 g/mol. The number of halogens is 2. The van der Waals surface area contributed by atoms with Crippen LogP contribution in [0, 0.1) is 16.5 Å². The van der Waals surface area contributed by atoms with Gasteiger partial charge in [-0.1, -0.05) is 42.9 Å². The van der Waals surface area contributed by atoms with E-state index < -0.39 is 11.6 Å². The quantitative estimate of drug-likeness (QED) is 0.154. The molecule has 1 saturated carbocycles. The smallest absolute Gasteiger partial charge is 0.191 e. The summed E-state index contributed by atoms with van der Waals surface area (Å²) in [6.45, 7) is 5.66. The van der Waals surface area contributed by atoms with Crippen molar-refractivity contribution in [3.8, 4) is 0 Å². The zero-order chi connectivity index (χ0) is 24.8. The standard InChI is InChI=1S/C17H30N6O2S.C6H4F2/c1-3-7-19-15-14(18)16(23-17(22-15)26-10-4-2)21-12-5-6-13(11-12)25-9-8-20-24;7-5-3-1-2-4-6(5)8/h12-13H,3-11,18H2,1-2H3,(H2,19,21,22,23);1-4H. The lowest BCUT2D eigenvalue weighted by molar-refractivity contribution is 0.0637. The lowest BCUT2D eigenvalue weighted by Gasteiger charge is -2.18. The minimum atomic E-state index is -0.799. The summed E-state index contributed by atoms with van der Waals surface area (Å²) in [5, 5.41) is 10.3. The molecule has 2 unspecified atom stereocenters. The van der Waals surface area contributed by atoms with Gasteiger partial charge >= 0.3 is 0 Å². The normalized spacial score (nSPS) is 17.1. The Hall–Kier alpha value is -2.53. The molecule has 1 fully saturated rings. The van der Waals surface area contributed by atoms with Crippen molar-refractivity contribution in [3.05, 3.63) is 40.8 Å². The maximum atomic E-state index is 11.9. The molecule has 1 heterocycles. The topological polar surface area (TPSA) is 115 Å². The Kier molecular flexibility index (Phi) is 12.5. The molecule has 2 aromatic rings. The minimum absolute atomic E-state index is 0.156. The fourth-order valence-corrected chi connectivity index (χ4v) is 4.01. The van der Waals surface area contributed by atoms with Gasteiger partial charge in [0.2, 0.25) is 0 Å². The highest BCUT2D eigenvalue weighted by atomic mass is 32.2. The number of ether oxygens (including phenoxy) is 1. The molecule has 8 nitrogen and oxygen atoms in total. The van der Waals surface area contributed by atoms with Gasteiger partial charge in [-0.25, -0.2) is 18.7 Å². The van der Waals surface area contributed by atoms with Crippen LogP contribution in [-0.4, -0.2) is 47.6 Å². The van der Waals surface area contributed by atoms with E-state index in [1.807, 2.05) is 0 Å². The molecular weight excluding hydrogens is 462 g/mol. The van der Waals surface area contributed by atoms with Crippen LogP contribution in [0.2, 0.25) is 0 Å². The number of nitrogens with zero attached hydrogens (tertiary/aromatic N) is 3. The van der Waals surface area contributed by atoms with Crippen LogP contribution < -0.4 is 16.4 Å². The van der Waals surface area contributed by atoms with Crippen LogP contribution in [-0.2, 0) is 4.74 Å². The number of thioether (sulfide) groups is 1. The Morgan fingerprint density at radius 1 is 1.15 bits per heavy atom. The number of nitrogens with one attached hydrogen (secondary N) is 2. The van der Waals surface area contributed by atoms with Gasteiger partial charge in [0.15, 0.2) is 28.4 Å². The Bertz CT molecular complexity index is 872. The van der Waals surface area contributed by atoms with E-state index in [2.05, 4.69) is 39.6 Å². The first-order valence-corrected chi connectivity index (χ1v) is 12.6. The molecule has 0 aliphatic heterocycles. The zero-order valence-corrected chi connectivity index (χ0v) is 20.5. The highest BCUT2D eigenvalue weighted by molar-refractivity contribution is 7.99. The third kappa shape index (κ3) is 9.38. The molecule has 1 aromatic heterocycles. The first-order chi connectivity index (χ1) is 16.5. The van der Waals surface area contributed by atoms with Crippen molar-refractivity contribution in [1.29, 1.82) is 0 Å². The minimum Gasteiger partial charge on any atom is -0.393 e. The summed E-state index contributed by atoms with van der Waals surface area (Å²) in [6.07, 6.45) is 5.04. The van der Waals surface area contributed by atoms with Crippen molar-refractivity contribution in [2.45, 2.75) is 63.3 Å². The van der Waals surface area contributed by atoms with E-state index >= 15 is 0 Å². The van der Waals surface area contributed by atoms with E-state index in [0.29, 0.717) is 23.9 Å². The molecule has 188 valence electrons. The molecule has 0 amide bonds. The Labute approximate surface area is 203 Å². The number of hydrogen-bond donors (Lipinski definition) is 3. The third-order valence-corrected chi connectivity index (χ3v) is 6.04. The van der Waals surface area contributed by atoms with Gasteiger partial charge in [0.05, 0.1) is 12.7 Å². The molecule has 11 heteroatoms. The molecule has 34 heavy (non-hydrogen) atoms. The zero-order valence-electron chi connectivity index (χ0n) is 19.7. The summed E-state index contributed by atoms with van der Waals surface area (Å²) < 4.78 is 29.6. The maximum Gasteiger partial charge on any atom is 0.191 e. The second kappa shape index (κ2) is 15.4. The molecule has 1 aliphatic rings. The number of hydrogen-bond acceptors (Lipinski definition) is 9. The van der Waals surface area contributed by atoms with Crippen molar-refractivity contribution in [2.24, 2.45) is 5.18 Å². The van der Waals surface area contributed by atoms with Crippen LogP contribution in [0.25, 0.3) is 0 Å². The molecule has 1 aromatic carbocycles. The van der Waals surface area contributed by atoms with Gasteiger partial charge in [0, 0.05) is 18.3 Å². The predicted molar refractivity (Wildman–Crippen MR) is 134 cm³/mol. The summed E-state index contributed by atoms with van der Waals surface area (Å²) in [6, 6.07) is 5.30. The average molecular weight is 497 g/mol. The molecule has 0 radical (unpaired) electrons. The van der Waals surface area contributed by atoms with Crippen LogP contribution in [0.3, 0.4) is 0 Å². The SMILES string of the molecule is CCCNc1nc(SCCC)nc(NC2CCC(OCCN=O)C2)c1N.Fc1ccccc1F. The molecule has 0 saturated heterocycles. The molecule has 1 aliphatic carbocycles. The molecule has 0 spiro atoms. The number of aromatic nitrogens is 2. The first-order valence-electron chi connectivity index (χ1n) is 11.6. The van der Waals surface area contributed by atoms with Crippen LogP contribution >= 0.6 is 11.8 Å². The molecular formula is C23H34F2N6O2S. The van der Waals surface area contributed by atoms with Crippen molar-refractivity contribution in [2.75, 3.05) is 41.8 Å². The number of nitrogen functional groups attached to an aromatic ring is 1. The van der Waals surface area contributed by atoms with Crippen molar-refractivity contribution >= 4 is 29.1 Å². The Balaban J connectivity index is 0.000000430. The number of nitroso groups, excluding NO2 is 1. The number of rotatable bonds is 12. The molecule has 2 atom stereocenters. The van der Waals surface area contributed by atoms with E-state index in [1.54, 1.807) is 11.8 Å². The number of anilines is 3. The summed E-state index contributed by atoms with van der Waals surface area (Å²) >= 11 is 1.64. The second-order valence-corrected chi connectivity index (χ2v) is 8.87. The fourth-order valence-electron chi connectivity index (χ4n) is 3.31. The van der Waals surface area contributed by atoms with Crippen LogP contribution in [0.1, 0.15) is 46.0 Å². The predicted octanol–water partition coefficient (Wildman–Crippen LogP) is 5.46. The number of nitrogens with two attached hydrogens (primary N) is 1. The van der Waals surface area contributed by atoms with E-state index in [1.165, 1.54) is 12.1 Å². The largest absolute Gasteiger partial charge is 0.393 e. The average Bonchev–Trinajstić information content (AvgIpc) is 3.28. The highest BCUT2D eigenvalue weighted by Gasteiger charge is 2.26. The summed E-state index contributed by atoms with van der Waals surface area (Å²) in [5.41, 5.74) is 6.86. The molecule has 4 N–H and O–H groups in total. The van der Waals surface area contributed by atoms with Crippen LogP contribution in [0.15, 0.2) is 34.6 Å². The van der Waals surface area contributed by atoms with Crippen LogP contribution in [0.5, 0.6) is 0 Å². The first kappa shape index (κ1) is 27.7. The van der Waals surface area contributed by atoms with E-state index in [0.717, 1.165) is 61.7 Å². The van der Waals surface area contributed by atoms with Gasteiger partial charge in [-0.05, 0) is 44.2 Å². The Morgan fingerprint density at radius 3 is 2.47 bits per heavy atom. The van der Waals surface area contributed by atoms with Gasteiger partial charge in [-0.15, -0.1) is 0 Å². The lowest BCUT2D eigenvalue weighted by atomic mass is 10.2. The van der Waals surface area contributed by atoms with Crippen molar-refractivity contribution < 1.29 is 13.5 Å². The summed E-state index contributed by atoms with van der Waals surface area (Å²) in [4.78, 5) is 19.3.